The number of hydrogen-bond donors (Lipinski definition) is 3. The summed E-state index contributed by atoms with van der Waals surface area (Å²) in [5.74, 6) is -0.991. The number of nitrogens with two attached hydrogens (primary N) is 3. The van der Waals surface area contributed by atoms with Gasteiger partial charge in [0, 0.05) is 6.42 Å². The van der Waals surface area contributed by atoms with Gasteiger partial charge < -0.3 is 21.9 Å². The topological polar surface area (TPSA) is 121 Å². The molecular weight excluding hydrogens is 186 g/mol. The summed E-state index contributed by atoms with van der Waals surface area (Å²) in [5.41, 5.74) is 15.5. The summed E-state index contributed by atoms with van der Waals surface area (Å²) in [6, 6.07) is -0.778. The van der Waals surface area contributed by atoms with E-state index >= 15 is 0 Å². The van der Waals surface area contributed by atoms with E-state index in [4.69, 9.17) is 21.9 Å². The molecule has 6 nitrogen and oxygen atoms in total. The molecule has 0 radical (unpaired) electrons. The van der Waals surface area contributed by atoms with Gasteiger partial charge in [0.15, 0.2) is 0 Å². The summed E-state index contributed by atoms with van der Waals surface area (Å²) < 4.78 is 4.78. The SMILES string of the molecule is NCCCOC(=O)[C@@H](N)CCC(N)=O. The first kappa shape index (κ1) is 12.9. The zero-order chi connectivity index (χ0) is 11.0. The van der Waals surface area contributed by atoms with Crippen LogP contribution in [0.5, 0.6) is 0 Å². The normalized spacial score (nSPS) is 12.1. The summed E-state index contributed by atoms with van der Waals surface area (Å²) >= 11 is 0. The Kier molecular flexibility index (Phi) is 6.69. The van der Waals surface area contributed by atoms with Gasteiger partial charge in [-0.2, -0.15) is 0 Å². The minimum absolute atomic E-state index is 0.0904. The van der Waals surface area contributed by atoms with E-state index in [1.807, 2.05) is 0 Å². The number of amides is 1. The molecule has 6 N–H and O–H groups in total. The van der Waals surface area contributed by atoms with Crippen molar-refractivity contribution in [1.82, 2.24) is 0 Å². The lowest BCUT2D eigenvalue weighted by atomic mass is 10.1. The van der Waals surface area contributed by atoms with Gasteiger partial charge in [-0.25, -0.2) is 0 Å². The van der Waals surface area contributed by atoms with E-state index in [2.05, 4.69) is 0 Å². The zero-order valence-electron chi connectivity index (χ0n) is 8.07. The van der Waals surface area contributed by atoms with Crippen LogP contribution >= 0.6 is 0 Å². The van der Waals surface area contributed by atoms with Crippen LogP contribution in [-0.2, 0) is 14.3 Å². The highest BCUT2D eigenvalue weighted by atomic mass is 16.5. The third-order valence-corrected chi connectivity index (χ3v) is 1.60. The number of carbonyl (C=O) groups is 2. The molecule has 0 fully saturated rings. The van der Waals surface area contributed by atoms with E-state index in [0.29, 0.717) is 13.0 Å². The van der Waals surface area contributed by atoms with Crippen molar-refractivity contribution in [2.45, 2.75) is 25.3 Å². The summed E-state index contributed by atoms with van der Waals surface area (Å²) in [7, 11) is 0. The van der Waals surface area contributed by atoms with Gasteiger partial charge in [-0.3, -0.25) is 9.59 Å². The molecule has 0 rings (SSSR count). The maximum Gasteiger partial charge on any atom is 0.322 e. The van der Waals surface area contributed by atoms with E-state index in [1.54, 1.807) is 0 Å². The minimum Gasteiger partial charge on any atom is -0.464 e. The van der Waals surface area contributed by atoms with Crippen molar-refractivity contribution < 1.29 is 14.3 Å². The number of carbonyl (C=O) groups excluding carboxylic acids is 2. The Labute approximate surface area is 82.8 Å². The molecule has 0 saturated carbocycles. The molecule has 0 aromatic carbocycles. The molecule has 0 heterocycles. The molecule has 0 aromatic rings. The Morgan fingerprint density at radius 3 is 2.50 bits per heavy atom. The van der Waals surface area contributed by atoms with E-state index in [-0.39, 0.29) is 19.4 Å². The Bertz CT molecular complexity index is 196. The first-order valence-electron chi connectivity index (χ1n) is 4.48. The Morgan fingerprint density at radius 2 is 2.00 bits per heavy atom. The fraction of sp³-hybridized carbons (Fsp3) is 0.750. The van der Waals surface area contributed by atoms with Gasteiger partial charge in [-0.1, -0.05) is 0 Å². The third-order valence-electron chi connectivity index (χ3n) is 1.60. The van der Waals surface area contributed by atoms with E-state index < -0.39 is 17.9 Å². The second-order valence-electron chi connectivity index (χ2n) is 2.92. The summed E-state index contributed by atoms with van der Waals surface area (Å²) in [4.78, 5) is 21.5. The molecule has 0 aromatic heterocycles. The van der Waals surface area contributed by atoms with Crippen molar-refractivity contribution in [1.29, 1.82) is 0 Å². The average Bonchev–Trinajstić information content (AvgIpc) is 2.14. The summed E-state index contributed by atoms with van der Waals surface area (Å²) in [6.07, 6.45) is 0.915. The van der Waals surface area contributed by atoms with Gasteiger partial charge >= 0.3 is 5.97 Å². The van der Waals surface area contributed by atoms with Gasteiger partial charge in [-0.15, -0.1) is 0 Å². The van der Waals surface area contributed by atoms with E-state index in [9.17, 15) is 9.59 Å². The fourth-order valence-electron chi connectivity index (χ4n) is 0.779. The number of rotatable bonds is 7. The molecule has 0 bridgehead atoms. The zero-order valence-corrected chi connectivity index (χ0v) is 8.07. The lowest BCUT2D eigenvalue weighted by molar-refractivity contribution is -0.145. The number of esters is 1. The highest BCUT2D eigenvalue weighted by molar-refractivity contribution is 5.78. The van der Waals surface area contributed by atoms with Crippen LogP contribution < -0.4 is 17.2 Å². The number of primary amides is 1. The molecule has 0 aliphatic rings. The predicted molar refractivity (Wildman–Crippen MR) is 51.0 cm³/mol. The Hall–Kier alpha value is -1.14. The highest BCUT2D eigenvalue weighted by Crippen LogP contribution is 1.96. The Morgan fingerprint density at radius 1 is 1.36 bits per heavy atom. The summed E-state index contributed by atoms with van der Waals surface area (Å²) in [6.45, 7) is 0.726. The lowest BCUT2D eigenvalue weighted by Crippen LogP contribution is -2.33. The monoisotopic (exact) mass is 203 g/mol. The largest absolute Gasteiger partial charge is 0.464 e. The number of hydrogen-bond acceptors (Lipinski definition) is 5. The predicted octanol–water partition coefficient (Wildman–Crippen LogP) is -1.53. The second kappa shape index (κ2) is 7.28. The van der Waals surface area contributed by atoms with Crippen molar-refractivity contribution in [3.63, 3.8) is 0 Å². The van der Waals surface area contributed by atoms with Crippen LogP contribution in [0, 0.1) is 0 Å². The van der Waals surface area contributed by atoms with Crippen LogP contribution in [0.15, 0.2) is 0 Å². The molecule has 0 aliphatic carbocycles. The van der Waals surface area contributed by atoms with Crippen LogP contribution in [0.3, 0.4) is 0 Å². The molecule has 0 aliphatic heterocycles. The maximum absolute atomic E-state index is 11.1. The van der Waals surface area contributed by atoms with Crippen LogP contribution in [0.1, 0.15) is 19.3 Å². The molecule has 0 spiro atoms. The average molecular weight is 203 g/mol. The van der Waals surface area contributed by atoms with Crippen molar-refractivity contribution in [3.8, 4) is 0 Å². The van der Waals surface area contributed by atoms with Crippen molar-refractivity contribution in [2.24, 2.45) is 17.2 Å². The van der Waals surface area contributed by atoms with Gasteiger partial charge in [0.05, 0.1) is 6.61 Å². The molecular formula is C8H17N3O3. The van der Waals surface area contributed by atoms with E-state index in [1.165, 1.54) is 0 Å². The standard InChI is InChI=1S/C8H17N3O3/c9-4-1-5-14-8(13)6(10)2-3-7(11)12/h6H,1-5,9-10H2,(H2,11,12)/t6-/m0/s1. The third kappa shape index (κ3) is 6.38. The van der Waals surface area contributed by atoms with Gasteiger partial charge in [-0.05, 0) is 19.4 Å². The summed E-state index contributed by atoms with van der Waals surface area (Å²) in [5, 5.41) is 0. The van der Waals surface area contributed by atoms with Gasteiger partial charge in [0.25, 0.3) is 0 Å². The molecule has 6 heteroatoms. The van der Waals surface area contributed by atoms with Crippen LogP contribution in [0.25, 0.3) is 0 Å². The second-order valence-corrected chi connectivity index (χ2v) is 2.92. The number of ether oxygens (including phenoxy) is 1. The molecule has 82 valence electrons. The first-order chi connectivity index (χ1) is 6.57. The minimum atomic E-state index is -0.778. The molecule has 14 heavy (non-hydrogen) atoms. The fourth-order valence-corrected chi connectivity index (χ4v) is 0.779. The first-order valence-corrected chi connectivity index (χ1v) is 4.48. The lowest BCUT2D eigenvalue weighted by Gasteiger charge is -2.09. The van der Waals surface area contributed by atoms with Gasteiger partial charge in [0.1, 0.15) is 6.04 Å². The molecule has 1 atom stereocenters. The van der Waals surface area contributed by atoms with E-state index in [0.717, 1.165) is 0 Å². The van der Waals surface area contributed by atoms with Gasteiger partial charge in [0.2, 0.25) is 5.91 Å². The van der Waals surface area contributed by atoms with Crippen LogP contribution in [-0.4, -0.2) is 31.1 Å². The van der Waals surface area contributed by atoms with Crippen molar-refractivity contribution >= 4 is 11.9 Å². The van der Waals surface area contributed by atoms with Crippen LogP contribution in [0.4, 0.5) is 0 Å². The van der Waals surface area contributed by atoms with Crippen molar-refractivity contribution in [2.75, 3.05) is 13.2 Å². The van der Waals surface area contributed by atoms with Crippen molar-refractivity contribution in [3.05, 3.63) is 0 Å². The maximum atomic E-state index is 11.1. The molecule has 1 amide bonds. The molecule has 0 unspecified atom stereocenters. The smallest absolute Gasteiger partial charge is 0.322 e. The quantitative estimate of drug-likeness (QED) is 0.342. The highest BCUT2D eigenvalue weighted by Gasteiger charge is 2.15. The van der Waals surface area contributed by atoms with Crippen LogP contribution in [0.2, 0.25) is 0 Å². The molecule has 0 saturated heterocycles. The Balaban J connectivity index is 3.59.